The third-order valence-corrected chi connectivity index (χ3v) is 10.5. The van der Waals surface area contributed by atoms with Gasteiger partial charge < -0.3 is 45.8 Å². The average Bonchev–Trinajstić information content (AvgIpc) is 3.93. The van der Waals surface area contributed by atoms with Crippen molar-refractivity contribution in [3.05, 3.63) is 142 Å². The number of nitrogens with two attached hydrogens (primary N) is 1. The molecule has 2 aromatic carbocycles. The molecule has 8 rings (SSSR count). The van der Waals surface area contributed by atoms with Gasteiger partial charge in [0.15, 0.2) is 5.69 Å². The van der Waals surface area contributed by atoms with Gasteiger partial charge in [0.1, 0.15) is 17.0 Å². The van der Waals surface area contributed by atoms with E-state index in [0.29, 0.717) is 42.1 Å². The standard InChI is InChI=1S/C22H25N5O3.C12H18N2O.C10H9N3O3.CH4.2H2S/c1-23-21(29)17-6-7-20-25-19(14-27(20)12-17)22(30)24-10-18(28)13-26-9-8-15-4-2-3-5-16(15)11-26;13-7-12(15)9-14-6-5-10-3-1-2-4-11(10)8-14;1-11-9(14)6-2-3-8-12-7(10(15)16)5-13(8)4-6;;;/h2-7,12,14,18,28H,8-11,13H2,1H3,(H,23,29)(H,24,30);1-4,12,15H,5-9,13H2;2-5H,1H3,(H,11,14)(H,15,16);1H4;2*1H2/t18-;12-;;;;/m00..../s1. The summed E-state index contributed by atoms with van der Waals surface area (Å²) >= 11 is 0. The van der Waals surface area contributed by atoms with Gasteiger partial charge in [-0.2, -0.15) is 27.0 Å². The molecule has 344 valence electrons. The summed E-state index contributed by atoms with van der Waals surface area (Å²) in [5.41, 5.74) is 13.1. The lowest BCUT2D eigenvalue weighted by Gasteiger charge is -2.30. The summed E-state index contributed by atoms with van der Waals surface area (Å²) in [5.74, 6) is -1.89. The van der Waals surface area contributed by atoms with E-state index in [2.05, 4.69) is 78.2 Å². The van der Waals surface area contributed by atoms with Crippen LogP contribution in [-0.4, -0.2) is 133 Å². The van der Waals surface area contributed by atoms with Crippen LogP contribution in [0.4, 0.5) is 0 Å². The molecule has 0 bridgehead atoms. The van der Waals surface area contributed by atoms with E-state index < -0.39 is 18.2 Å². The Bertz CT molecular complexity index is 2500. The van der Waals surface area contributed by atoms with Crippen molar-refractivity contribution in [3.8, 4) is 0 Å². The molecule has 0 saturated carbocycles. The van der Waals surface area contributed by atoms with Gasteiger partial charge in [0, 0.05) is 91.2 Å². The zero-order chi connectivity index (χ0) is 43.5. The summed E-state index contributed by atoms with van der Waals surface area (Å²) in [5, 5.41) is 36.4. The third-order valence-electron chi connectivity index (χ3n) is 10.5. The summed E-state index contributed by atoms with van der Waals surface area (Å²) < 4.78 is 3.15. The van der Waals surface area contributed by atoms with E-state index in [0.717, 1.165) is 39.0 Å². The Kier molecular flexibility index (Phi) is 20.4. The molecular weight excluding hydrogens is 857 g/mol. The zero-order valence-electron chi connectivity index (χ0n) is 35.2. The molecule has 6 heterocycles. The number of nitrogens with one attached hydrogen (secondary N) is 3. The number of carboxylic acids is 1. The number of carbonyl (C=O) groups excluding carboxylic acids is 3. The summed E-state index contributed by atoms with van der Waals surface area (Å²) in [7, 11) is 3.09. The minimum atomic E-state index is -1.09. The molecule has 0 spiro atoms. The number of β-amino-alcohol motifs (C(OH)–C–C–N with tert-alkyl or cyclic N) is 2. The maximum atomic E-state index is 12.5. The predicted octanol–water partition coefficient (Wildman–Crippen LogP) is 2.46. The van der Waals surface area contributed by atoms with Gasteiger partial charge in [-0.3, -0.25) is 24.2 Å². The Balaban J connectivity index is 0.000000272. The Morgan fingerprint density at radius 1 is 0.641 bits per heavy atom. The molecule has 2 aliphatic heterocycles. The number of carboxylic acid groups (broad SMARTS) is 1. The fourth-order valence-corrected chi connectivity index (χ4v) is 7.21. The number of nitrogens with zero attached hydrogens (tertiary/aromatic N) is 6. The van der Waals surface area contributed by atoms with Crippen LogP contribution < -0.4 is 21.7 Å². The molecule has 0 unspecified atom stereocenters. The van der Waals surface area contributed by atoms with Crippen LogP contribution in [0.15, 0.2) is 97.6 Å². The minimum absolute atomic E-state index is 0. The van der Waals surface area contributed by atoms with Gasteiger partial charge in [0.05, 0.1) is 23.3 Å². The van der Waals surface area contributed by atoms with Gasteiger partial charge in [-0.25, -0.2) is 14.8 Å². The highest BCUT2D eigenvalue weighted by atomic mass is 32.1. The van der Waals surface area contributed by atoms with Crippen molar-refractivity contribution in [3.63, 3.8) is 0 Å². The Morgan fingerprint density at radius 2 is 1.08 bits per heavy atom. The van der Waals surface area contributed by atoms with Crippen molar-refractivity contribution in [1.29, 1.82) is 0 Å². The van der Waals surface area contributed by atoms with Crippen molar-refractivity contribution in [1.82, 2.24) is 44.5 Å². The fraction of sp³-hybridized carbons (Fsp3) is 0.333. The lowest BCUT2D eigenvalue weighted by molar-refractivity contribution is 0.0690. The molecule has 19 heteroatoms. The largest absolute Gasteiger partial charge is 0.476 e. The molecule has 2 atom stereocenters. The van der Waals surface area contributed by atoms with Gasteiger partial charge in [0.25, 0.3) is 17.7 Å². The number of benzene rings is 2. The van der Waals surface area contributed by atoms with Crippen LogP contribution in [0, 0.1) is 0 Å². The van der Waals surface area contributed by atoms with E-state index in [1.165, 1.54) is 46.1 Å². The van der Waals surface area contributed by atoms with Gasteiger partial charge in [-0.05, 0) is 59.4 Å². The second-order valence-corrected chi connectivity index (χ2v) is 14.8. The van der Waals surface area contributed by atoms with Crippen LogP contribution in [0.25, 0.3) is 11.3 Å². The zero-order valence-corrected chi connectivity index (χ0v) is 37.2. The van der Waals surface area contributed by atoms with E-state index in [4.69, 9.17) is 10.8 Å². The van der Waals surface area contributed by atoms with E-state index in [-0.39, 0.29) is 70.1 Å². The topological polar surface area (TPSA) is 232 Å². The first-order valence-electron chi connectivity index (χ1n) is 20.0. The number of aromatic carboxylic acids is 1. The third kappa shape index (κ3) is 13.8. The predicted molar refractivity (Wildman–Crippen MR) is 256 cm³/mol. The van der Waals surface area contributed by atoms with E-state index in [1.807, 2.05) is 6.07 Å². The number of fused-ring (bicyclic) bond motifs is 4. The molecule has 8 N–H and O–H groups in total. The first-order chi connectivity index (χ1) is 29.4. The lowest BCUT2D eigenvalue weighted by atomic mass is 10.00. The normalized spacial score (nSPS) is 13.9. The number of aromatic nitrogens is 4. The fourth-order valence-electron chi connectivity index (χ4n) is 7.21. The molecule has 0 radical (unpaired) electrons. The Hall–Kier alpha value is -5.80. The number of pyridine rings is 2. The Morgan fingerprint density at radius 3 is 1.53 bits per heavy atom. The highest BCUT2D eigenvalue weighted by Gasteiger charge is 2.21. The van der Waals surface area contributed by atoms with Crippen molar-refractivity contribution < 1.29 is 34.5 Å². The second-order valence-electron chi connectivity index (χ2n) is 14.8. The van der Waals surface area contributed by atoms with Gasteiger partial charge in [-0.15, -0.1) is 0 Å². The molecular formula is C45H60N10O7S2. The summed E-state index contributed by atoms with van der Waals surface area (Å²) in [6.07, 6.45) is 7.08. The monoisotopic (exact) mass is 916 g/mol. The van der Waals surface area contributed by atoms with Crippen LogP contribution in [0.5, 0.6) is 0 Å². The molecule has 4 aromatic heterocycles. The molecule has 3 amide bonds. The molecule has 64 heavy (non-hydrogen) atoms. The number of hydrogen-bond acceptors (Lipinski definition) is 11. The maximum Gasteiger partial charge on any atom is 0.356 e. The first kappa shape index (κ1) is 52.5. The van der Waals surface area contributed by atoms with E-state index in [9.17, 15) is 29.4 Å². The minimum Gasteiger partial charge on any atom is -0.476 e. The number of amides is 3. The number of carbonyl (C=O) groups is 4. The van der Waals surface area contributed by atoms with Crippen LogP contribution >= 0.6 is 27.0 Å². The summed E-state index contributed by atoms with van der Waals surface area (Å²) in [6, 6.07) is 23.4. The summed E-state index contributed by atoms with van der Waals surface area (Å²) in [6.45, 7) is 5.33. The summed E-state index contributed by atoms with van der Waals surface area (Å²) in [4.78, 5) is 58.9. The SMILES string of the molecule is C.CNC(=O)c1ccc2nc(C(=O)NC[C@H](O)CN3CCc4ccccc4C3)cn2c1.CNC(=O)c1ccc2nc(C(=O)O)cn2c1.NC[C@H](O)CN1CCc2ccccc2C1.S.S. The molecule has 0 fully saturated rings. The maximum absolute atomic E-state index is 12.5. The van der Waals surface area contributed by atoms with E-state index in [1.54, 1.807) is 48.1 Å². The smallest absolute Gasteiger partial charge is 0.356 e. The van der Waals surface area contributed by atoms with Crippen molar-refractivity contribution in [2.45, 2.75) is 45.6 Å². The molecule has 0 saturated heterocycles. The molecule has 0 aliphatic carbocycles. The number of imidazole rings is 2. The first-order valence-corrected chi connectivity index (χ1v) is 20.0. The lowest BCUT2D eigenvalue weighted by Crippen LogP contribution is -2.42. The molecule has 6 aromatic rings. The highest BCUT2D eigenvalue weighted by Crippen LogP contribution is 2.20. The second kappa shape index (κ2) is 24.9. The van der Waals surface area contributed by atoms with Crippen molar-refractivity contribution >= 4 is 62.0 Å². The number of aliphatic hydroxyl groups excluding tert-OH is 2. The van der Waals surface area contributed by atoms with Gasteiger partial charge >= 0.3 is 5.97 Å². The number of rotatable bonds is 11. The quantitative estimate of drug-likeness (QED) is 0.0995. The van der Waals surface area contributed by atoms with Crippen LogP contribution in [0.2, 0.25) is 0 Å². The van der Waals surface area contributed by atoms with Crippen molar-refractivity contribution in [2.75, 3.05) is 53.4 Å². The molecule has 17 nitrogen and oxygen atoms in total. The number of aliphatic hydroxyl groups is 2. The van der Waals surface area contributed by atoms with E-state index >= 15 is 0 Å². The average molecular weight is 917 g/mol. The number of hydrogen-bond donors (Lipinski definition) is 7. The Labute approximate surface area is 386 Å². The highest BCUT2D eigenvalue weighted by molar-refractivity contribution is 7.59. The van der Waals surface area contributed by atoms with Crippen LogP contribution in [0.3, 0.4) is 0 Å². The molecule has 2 aliphatic rings. The van der Waals surface area contributed by atoms with Crippen LogP contribution in [0.1, 0.15) is 71.4 Å². The van der Waals surface area contributed by atoms with Gasteiger partial charge in [0.2, 0.25) is 0 Å². The van der Waals surface area contributed by atoms with Crippen LogP contribution in [-0.2, 0) is 25.9 Å². The van der Waals surface area contributed by atoms with Crippen molar-refractivity contribution in [2.24, 2.45) is 5.73 Å². The van der Waals surface area contributed by atoms with Gasteiger partial charge in [-0.1, -0.05) is 56.0 Å².